The molecule has 0 spiro atoms. The lowest BCUT2D eigenvalue weighted by atomic mass is 10.2. The van der Waals surface area contributed by atoms with Gasteiger partial charge < -0.3 is 20.3 Å². The Bertz CT molecular complexity index is 490. The van der Waals surface area contributed by atoms with Gasteiger partial charge >= 0.3 is 6.03 Å². The molecule has 1 aromatic carbocycles. The SMILES string of the molecule is CNC(=O)NC1CC(=O)N(c2cccc(OC)c2)C1. The third-order valence-corrected chi connectivity index (χ3v) is 3.05. The zero-order valence-corrected chi connectivity index (χ0v) is 11.0. The summed E-state index contributed by atoms with van der Waals surface area (Å²) in [4.78, 5) is 24.9. The number of benzene rings is 1. The first-order valence-electron chi connectivity index (χ1n) is 6.06. The topological polar surface area (TPSA) is 70.7 Å². The number of anilines is 1. The van der Waals surface area contributed by atoms with Crippen molar-refractivity contribution in [3.8, 4) is 5.75 Å². The van der Waals surface area contributed by atoms with Gasteiger partial charge in [0.25, 0.3) is 0 Å². The number of urea groups is 1. The van der Waals surface area contributed by atoms with Gasteiger partial charge in [0.2, 0.25) is 5.91 Å². The second kappa shape index (κ2) is 5.60. The van der Waals surface area contributed by atoms with E-state index in [-0.39, 0.29) is 18.0 Å². The Labute approximate surface area is 111 Å². The molecule has 1 aromatic rings. The van der Waals surface area contributed by atoms with Crippen LogP contribution in [0.15, 0.2) is 24.3 Å². The van der Waals surface area contributed by atoms with Crippen LogP contribution in [0, 0.1) is 0 Å². The van der Waals surface area contributed by atoms with E-state index in [0.717, 1.165) is 5.69 Å². The number of amides is 3. The van der Waals surface area contributed by atoms with Crippen LogP contribution in [0.2, 0.25) is 0 Å². The van der Waals surface area contributed by atoms with Gasteiger partial charge in [-0.2, -0.15) is 0 Å². The van der Waals surface area contributed by atoms with Gasteiger partial charge in [0.05, 0.1) is 13.2 Å². The molecule has 2 rings (SSSR count). The second-order valence-electron chi connectivity index (χ2n) is 4.33. The van der Waals surface area contributed by atoms with Crippen LogP contribution in [-0.4, -0.2) is 38.7 Å². The van der Waals surface area contributed by atoms with E-state index in [4.69, 9.17) is 4.74 Å². The zero-order chi connectivity index (χ0) is 13.8. The maximum absolute atomic E-state index is 12.0. The Kier molecular flexibility index (Phi) is 3.89. The van der Waals surface area contributed by atoms with Gasteiger partial charge in [-0.15, -0.1) is 0 Å². The molecular formula is C13H17N3O3. The van der Waals surface area contributed by atoms with Gasteiger partial charge in [0.15, 0.2) is 0 Å². The molecule has 1 heterocycles. The van der Waals surface area contributed by atoms with Crippen LogP contribution in [0.25, 0.3) is 0 Å². The number of carbonyl (C=O) groups is 2. The minimum Gasteiger partial charge on any atom is -0.497 e. The molecule has 19 heavy (non-hydrogen) atoms. The van der Waals surface area contributed by atoms with Crippen molar-refractivity contribution in [2.45, 2.75) is 12.5 Å². The highest BCUT2D eigenvalue weighted by Gasteiger charge is 2.31. The number of hydrogen-bond acceptors (Lipinski definition) is 3. The average Bonchev–Trinajstić information content (AvgIpc) is 2.79. The number of methoxy groups -OCH3 is 1. The molecule has 102 valence electrons. The van der Waals surface area contributed by atoms with Gasteiger partial charge in [-0.25, -0.2) is 4.79 Å². The number of nitrogens with zero attached hydrogens (tertiary/aromatic N) is 1. The van der Waals surface area contributed by atoms with Gasteiger partial charge in [-0.05, 0) is 12.1 Å². The van der Waals surface area contributed by atoms with E-state index in [1.165, 1.54) is 0 Å². The molecule has 6 heteroatoms. The average molecular weight is 263 g/mol. The molecule has 0 saturated carbocycles. The van der Waals surface area contributed by atoms with Crippen LogP contribution in [0.5, 0.6) is 5.75 Å². The number of ether oxygens (including phenoxy) is 1. The largest absolute Gasteiger partial charge is 0.497 e. The summed E-state index contributed by atoms with van der Waals surface area (Å²) in [5.74, 6) is 0.697. The van der Waals surface area contributed by atoms with Crippen LogP contribution in [0.4, 0.5) is 10.5 Å². The Hall–Kier alpha value is -2.24. The number of carbonyl (C=O) groups excluding carboxylic acids is 2. The fourth-order valence-corrected chi connectivity index (χ4v) is 2.09. The predicted molar refractivity (Wildman–Crippen MR) is 71.3 cm³/mol. The summed E-state index contributed by atoms with van der Waals surface area (Å²) in [6.45, 7) is 0.472. The maximum Gasteiger partial charge on any atom is 0.314 e. The summed E-state index contributed by atoms with van der Waals surface area (Å²) in [5, 5.41) is 5.22. The Morgan fingerprint density at radius 1 is 1.47 bits per heavy atom. The van der Waals surface area contributed by atoms with Crippen molar-refractivity contribution in [3.05, 3.63) is 24.3 Å². The first-order valence-corrected chi connectivity index (χ1v) is 6.06. The Morgan fingerprint density at radius 3 is 2.95 bits per heavy atom. The second-order valence-corrected chi connectivity index (χ2v) is 4.33. The molecule has 0 bridgehead atoms. The molecule has 0 radical (unpaired) electrons. The van der Waals surface area contributed by atoms with Crippen LogP contribution in [0.3, 0.4) is 0 Å². The minimum absolute atomic E-state index is 0.00495. The third-order valence-electron chi connectivity index (χ3n) is 3.05. The van der Waals surface area contributed by atoms with E-state index < -0.39 is 0 Å². The fourth-order valence-electron chi connectivity index (χ4n) is 2.09. The summed E-state index contributed by atoms with van der Waals surface area (Å²) < 4.78 is 5.14. The smallest absolute Gasteiger partial charge is 0.314 e. The summed E-state index contributed by atoms with van der Waals surface area (Å²) >= 11 is 0. The molecule has 1 unspecified atom stereocenters. The molecular weight excluding hydrogens is 246 g/mol. The van der Waals surface area contributed by atoms with E-state index in [0.29, 0.717) is 18.7 Å². The highest BCUT2D eigenvalue weighted by Crippen LogP contribution is 2.25. The van der Waals surface area contributed by atoms with Gasteiger partial charge in [-0.1, -0.05) is 6.07 Å². The lowest BCUT2D eigenvalue weighted by Crippen LogP contribution is -2.41. The first kappa shape index (κ1) is 13.2. The first-order chi connectivity index (χ1) is 9.13. The van der Waals surface area contributed by atoms with Gasteiger partial charge in [-0.3, -0.25) is 4.79 Å². The standard InChI is InChI=1S/C13H17N3O3/c1-14-13(18)15-9-6-12(17)16(8-9)10-4-3-5-11(7-10)19-2/h3-5,7,9H,6,8H2,1-2H3,(H2,14,15,18). The van der Waals surface area contributed by atoms with E-state index in [1.54, 1.807) is 25.1 Å². The highest BCUT2D eigenvalue weighted by molar-refractivity contribution is 5.97. The lowest BCUT2D eigenvalue weighted by Gasteiger charge is -2.17. The van der Waals surface area contributed by atoms with Gasteiger partial charge in [0.1, 0.15) is 5.75 Å². The van der Waals surface area contributed by atoms with Crippen LogP contribution < -0.4 is 20.3 Å². The minimum atomic E-state index is -0.273. The third kappa shape index (κ3) is 2.96. The molecule has 1 fully saturated rings. The van der Waals surface area contributed by atoms with Crippen LogP contribution >= 0.6 is 0 Å². The number of rotatable bonds is 3. The normalized spacial score (nSPS) is 18.3. The zero-order valence-electron chi connectivity index (χ0n) is 11.0. The number of hydrogen-bond donors (Lipinski definition) is 2. The molecule has 0 aromatic heterocycles. The Balaban J connectivity index is 2.08. The highest BCUT2D eigenvalue weighted by atomic mass is 16.5. The van der Waals surface area contributed by atoms with Crippen molar-refractivity contribution in [1.29, 1.82) is 0 Å². The monoisotopic (exact) mass is 263 g/mol. The van der Waals surface area contributed by atoms with Crippen LogP contribution in [-0.2, 0) is 4.79 Å². The molecule has 1 saturated heterocycles. The molecule has 1 atom stereocenters. The van der Waals surface area contributed by atoms with Crippen molar-refractivity contribution in [1.82, 2.24) is 10.6 Å². The van der Waals surface area contributed by atoms with E-state index in [2.05, 4.69) is 10.6 Å². The molecule has 1 aliphatic rings. The summed E-state index contributed by atoms with van der Waals surface area (Å²) in [7, 11) is 3.13. The number of nitrogens with one attached hydrogen (secondary N) is 2. The molecule has 3 amide bonds. The van der Waals surface area contributed by atoms with E-state index >= 15 is 0 Å². The predicted octanol–water partition coefficient (Wildman–Crippen LogP) is 0.729. The lowest BCUT2D eigenvalue weighted by molar-refractivity contribution is -0.117. The van der Waals surface area contributed by atoms with E-state index in [1.807, 2.05) is 18.2 Å². The van der Waals surface area contributed by atoms with Gasteiger partial charge in [0, 0.05) is 31.8 Å². The van der Waals surface area contributed by atoms with Crippen molar-refractivity contribution in [3.63, 3.8) is 0 Å². The summed E-state index contributed by atoms with van der Waals surface area (Å²) in [6.07, 6.45) is 0.310. The van der Waals surface area contributed by atoms with Crippen molar-refractivity contribution >= 4 is 17.6 Å². The van der Waals surface area contributed by atoms with Crippen molar-refractivity contribution in [2.75, 3.05) is 25.6 Å². The molecule has 6 nitrogen and oxygen atoms in total. The summed E-state index contributed by atoms with van der Waals surface area (Å²) in [6, 6.07) is 6.87. The molecule has 1 aliphatic heterocycles. The Morgan fingerprint density at radius 2 is 2.26 bits per heavy atom. The van der Waals surface area contributed by atoms with Crippen molar-refractivity contribution in [2.24, 2.45) is 0 Å². The molecule has 2 N–H and O–H groups in total. The fraction of sp³-hybridized carbons (Fsp3) is 0.385. The van der Waals surface area contributed by atoms with Crippen molar-refractivity contribution < 1.29 is 14.3 Å². The van der Waals surface area contributed by atoms with E-state index in [9.17, 15) is 9.59 Å². The summed E-state index contributed by atoms with van der Waals surface area (Å²) in [5.41, 5.74) is 0.783. The van der Waals surface area contributed by atoms with Crippen LogP contribution in [0.1, 0.15) is 6.42 Å². The molecule has 0 aliphatic carbocycles. The quantitative estimate of drug-likeness (QED) is 0.844. The maximum atomic E-state index is 12.0.